The molecule has 0 saturated heterocycles. The van der Waals surface area contributed by atoms with Gasteiger partial charge in [0.15, 0.2) is 0 Å². The van der Waals surface area contributed by atoms with Gasteiger partial charge in [-0.25, -0.2) is 4.79 Å². The van der Waals surface area contributed by atoms with E-state index in [2.05, 4.69) is 4.98 Å². The Morgan fingerprint density at radius 3 is 2.57 bits per heavy atom. The van der Waals surface area contributed by atoms with Crippen molar-refractivity contribution in [1.29, 1.82) is 0 Å². The Bertz CT molecular complexity index is 856. The second kappa shape index (κ2) is 5.76. The van der Waals surface area contributed by atoms with Crippen molar-refractivity contribution in [1.82, 2.24) is 4.98 Å². The van der Waals surface area contributed by atoms with Gasteiger partial charge < -0.3 is 9.72 Å². The van der Waals surface area contributed by atoms with Crippen LogP contribution in [0.3, 0.4) is 0 Å². The Balaban J connectivity index is 2.44. The van der Waals surface area contributed by atoms with Crippen molar-refractivity contribution in [2.75, 3.05) is 11.3 Å². The van der Waals surface area contributed by atoms with E-state index >= 15 is 0 Å². The van der Waals surface area contributed by atoms with E-state index in [1.807, 2.05) is 0 Å². The van der Waals surface area contributed by atoms with Gasteiger partial charge in [-0.05, 0) is 37.6 Å². The van der Waals surface area contributed by atoms with E-state index in [9.17, 15) is 26.4 Å². The molecule has 0 atom stereocenters. The summed E-state index contributed by atoms with van der Waals surface area (Å²) in [4.78, 5) is 14.6. The smallest absolute Gasteiger partial charge is 0.461 e. The number of rotatable bonds is 4. The molecule has 0 bridgehead atoms. The molecule has 0 unspecified atom stereocenters. The number of H-pyrrole nitrogens is 1. The third kappa shape index (κ3) is 3.26. The molecule has 0 aliphatic rings. The zero-order chi connectivity index (χ0) is 17.4. The standard InChI is InChI=1S/C13H13F3N2O4S/c1-3-22-12(19)11-7(2)9-6-8(4-5-10(9)17-11)18-23(20,21)13(14,15)16/h4-6,17-18H,3H2,1-2H3. The van der Waals surface area contributed by atoms with E-state index < -0.39 is 21.5 Å². The highest BCUT2D eigenvalue weighted by Gasteiger charge is 2.46. The molecule has 0 saturated carbocycles. The van der Waals surface area contributed by atoms with Crippen molar-refractivity contribution in [3.63, 3.8) is 0 Å². The number of esters is 1. The van der Waals surface area contributed by atoms with E-state index in [1.54, 1.807) is 13.8 Å². The molecule has 1 heterocycles. The number of aromatic nitrogens is 1. The minimum absolute atomic E-state index is 0.165. The van der Waals surface area contributed by atoms with Crippen molar-refractivity contribution in [2.45, 2.75) is 19.4 Å². The van der Waals surface area contributed by atoms with Gasteiger partial charge in [-0.2, -0.15) is 21.6 Å². The number of carbonyl (C=O) groups excluding carboxylic acids is 1. The number of anilines is 1. The zero-order valence-electron chi connectivity index (χ0n) is 12.1. The number of alkyl halides is 3. The molecule has 126 valence electrons. The largest absolute Gasteiger partial charge is 0.516 e. The van der Waals surface area contributed by atoms with Crippen LogP contribution in [0.5, 0.6) is 0 Å². The van der Waals surface area contributed by atoms with Gasteiger partial charge in [-0.3, -0.25) is 4.72 Å². The van der Waals surface area contributed by atoms with Crippen LogP contribution in [-0.2, 0) is 14.8 Å². The summed E-state index contributed by atoms with van der Waals surface area (Å²) in [5.74, 6) is -0.598. The van der Waals surface area contributed by atoms with E-state index in [0.717, 1.165) is 6.07 Å². The quantitative estimate of drug-likeness (QED) is 0.830. The predicted molar refractivity (Wildman–Crippen MR) is 77.6 cm³/mol. The normalized spacial score (nSPS) is 12.4. The van der Waals surface area contributed by atoms with Gasteiger partial charge >= 0.3 is 21.5 Å². The van der Waals surface area contributed by atoms with Crippen LogP contribution in [0.25, 0.3) is 10.9 Å². The fourth-order valence-electron chi connectivity index (χ4n) is 2.01. The molecule has 1 aromatic heterocycles. The summed E-state index contributed by atoms with van der Waals surface area (Å²) in [6.45, 7) is 3.39. The number of fused-ring (bicyclic) bond motifs is 1. The highest BCUT2D eigenvalue weighted by Crippen LogP contribution is 2.29. The maximum atomic E-state index is 12.4. The monoisotopic (exact) mass is 350 g/mol. The molecule has 0 aliphatic carbocycles. The molecule has 0 amide bonds. The Morgan fingerprint density at radius 2 is 2.00 bits per heavy atom. The topological polar surface area (TPSA) is 88.3 Å². The highest BCUT2D eigenvalue weighted by molar-refractivity contribution is 7.93. The van der Waals surface area contributed by atoms with Gasteiger partial charge in [0, 0.05) is 16.6 Å². The van der Waals surface area contributed by atoms with Crippen molar-refractivity contribution >= 4 is 32.6 Å². The third-order valence-corrected chi connectivity index (χ3v) is 4.21. The van der Waals surface area contributed by atoms with Crippen LogP contribution in [0, 0.1) is 6.92 Å². The van der Waals surface area contributed by atoms with Crippen molar-refractivity contribution in [3.8, 4) is 0 Å². The molecule has 0 spiro atoms. The van der Waals surface area contributed by atoms with Gasteiger partial charge in [0.1, 0.15) is 5.69 Å². The maximum absolute atomic E-state index is 12.4. The minimum Gasteiger partial charge on any atom is -0.461 e. The number of carbonyl (C=O) groups is 1. The Morgan fingerprint density at radius 1 is 1.35 bits per heavy atom. The molecule has 2 rings (SSSR count). The first kappa shape index (κ1) is 17.1. The summed E-state index contributed by atoms with van der Waals surface area (Å²) in [7, 11) is -5.50. The van der Waals surface area contributed by atoms with Gasteiger partial charge in [-0.1, -0.05) is 0 Å². The molecule has 0 fully saturated rings. The van der Waals surface area contributed by atoms with E-state index in [1.165, 1.54) is 16.9 Å². The van der Waals surface area contributed by atoms with Crippen LogP contribution in [-0.4, -0.2) is 31.5 Å². The van der Waals surface area contributed by atoms with Gasteiger partial charge in [0.2, 0.25) is 0 Å². The van der Waals surface area contributed by atoms with Crippen molar-refractivity contribution in [2.24, 2.45) is 0 Å². The maximum Gasteiger partial charge on any atom is 0.516 e. The molecule has 2 N–H and O–H groups in total. The average molecular weight is 350 g/mol. The summed E-state index contributed by atoms with van der Waals surface area (Å²) < 4.78 is 65.7. The number of sulfonamides is 1. The number of aromatic amines is 1. The Kier molecular flexibility index (Phi) is 4.29. The first-order valence-corrected chi connectivity index (χ1v) is 7.93. The predicted octanol–water partition coefficient (Wildman–Crippen LogP) is 2.91. The Hall–Kier alpha value is -2.23. The van der Waals surface area contributed by atoms with Crippen LogP contribution >= 0.6 is 0 Å². The number of nitrogens with one attached hydrogen (secondary N) is 2. The first-order valence-electron chi connectivity index (χ1n) is 6.45. The number of hydrogen-bond donors (Lipinski definition) is 2. The molecule has 6 nitrogen and oxygen atoms in total. The lowest BCUT2D eigenvalue weighted by Gasteiger charge is -2.10. The van der Waals surface area contributed by atoms with E-state index in [0.29, 0.717) is 16.5 Å². The lowest BCUT2D eigenvalue weighted by molar-refractivity contribution is -0.0429. The molecular formula is C13H13F3N2O4S. The number of benzene rings is 1. The van der Waals surface area contributed by atoms with Crippen LogP contribution in [0.4, 0.5) is 18.9 Å². The summed E-state index contributed by atoms with van der Waals surface area (Å²) in [6.07, 6.45) is 0. The lowest BCUT2D eigenvalue weighted by atomic mass is 10.1. The molecule has 10 heteroatoms. The lowest BCUT2D eigenvalue weighted by Crippen LogP contribution is -2.29. The molecule has 0 aliphatic heterocycles. The number of halogens is 3. The summed E-state index contributed by atoms with van der Waals surface area (Å²) in [5, 5.41) is 0.412. The fourth-order valence-corrected chi connectivity index (χ4v) is 2.56. The average Bonchev–Trinajstić information content (AvgIpc) is 2.75. The summed E-state index contributed by atoms with van der Waals surface area (Å²) >= 11 is 0. The molecule has 2 aromatic rings. The van der Waals surface area contributed by atoms with Gasteiger partial charge in [-0.15, -0.1) is 0 Å². The number of aryl methyl sites for hydroxylation is 1. The Labute approximate surface area is 129 Å². The molecular weight excluding hydrogens is 337 g/mol. The number of hydrogen-bond acceptors (Lipinski definition) is 4. The molecule has 0 radical (unpaired) electrons. The van der Waals surface area contributed by atoms with Gasteiger partial charge in [0.25, 0.3) is 0 Å². The molecule has 23 heavy (non-hydrogen) atoms. The van der Waals surface area contributed by atoms with Gasteiger partial charge in [0.05, 0.1) is 6.61 Å². The fraction of sp³-hybridized carbons (Fsp3) is 0.308. The van der Waals surface area contributed by atoms with Crippen LogP contribution in [0.2, 0.25) is 0 Å². The summed E-state index contributed by atoms with van der Waals surface area (Å²) in [5.41, 5.74) is -4.58. The summed E-state index contributed by atoms with van der Waals surface area (Å²) in [6, 6.07) is 3.75. The van der Waals surface area contributed by atoms with Crippen LogP contribution in [0.1, 0.15) is 23.0 Å². The van der Waals surface area contributed by atoms with Crippen LogP contribution in [0.15, 0.2) is 18.2 Å². The molecule has 1 aromatic carbocycles. The third-order valence-electron chi connectivity index (χ3n) is 3.09. The zero-order valence-corrected chi connectivity index (χ0v) is 12.9. The van der Waals surface area contributed by atoms with E-state index in [-0.39, 0.29) is 18.0 Å². The van der Waals surface area contributed by atoms with Crippen molar-refractivity contribution < 1.29 is 31.1 Å². The second-order valence-electron chi connectivity index (χ2n) is 4.66. The van der Waals surface area contributed by atoms with Crippen molar-refractivity contribution in [3.05, 3.63) is 29.5 Å². The van der Waals surface area contributed by atoms with E-state index in [4.69, 9.17) is 4.74 Å². The minimum atomic E-state index is -5.50. The van der Waals surface area contributed by atoms with Crippen LogP contribution < -0.4 is 4.72 Å². The highest BCUT2D eigenvalue weighted by atomic mass is 32.2. The second-order valence-corrected chi connectivity index (χ2v) is 6.33. The first-order chi connectivity index (χ1) is 10.6. The number of ether oxygens (including phenoxy) is 1. The SMILES string of the molecule is CCOC(=O)c1[nH]c2ccc(NS(=O)(=O)C(F)(F)F)cc2c1C.